The van der Waals surface area contributed by atoms with E-state index in [0.29, 0.717) is 21.6 Å². The summed E-state index contributed by atoms with van der Waals surface area (Å²) in [6.45, 7) is -0.0753. The number of rotatable bonds is 8. The Morgan fingerprint density at radius 2 is 1.97 bits per heavy atom. The third-order valence-electron chi connectivity index (χ3n) is 4.52. The Morgan fingerprint density at radius 1 is 1.16 bits per heavy atom. The van der Waals surface area contributed by atoms with E-state index in [4.69, 9.17) is 20.8 Å². The van der Waals surface area contributed by atoms with E-state index in [1.807, 2.05) is 35.7 Å². The molecule has 0 atom stereocenters. The predicted molar refractivity (Wildman–Crippen MR) is 125 cm³/mol. The van der Waals surface area contributed by atoms with Crippen molar-refractivity contribution < 1.29 is 18.7 Å². The Labute approximate surface area is 197 Å². The largest absolute Gasteiger partial charge is 0.459 e. The van der Waals surface area contributed by atoms with Crippen molar-refractivity contribution in [2.24, 2.45) is 0 Å². The second kappa shape index (κ2) is 10.2. The van der Waals surface area contributed by atoms with Crippen molar-refractivity contribution in [3.05, 3.63) is 65.0 Å². The average Bonchev–Trinajstić information content (AvgIpc) is 3.46. The van der Waals surface area contributed by atoms with E-state index in [9.17, 15) is 9.59 Å². The molecule has 1 aromatic carbocycles. The SMILES string of the molecule is CN(Cc1ccc(-c2ccc(Cl)cc2)o1)C(=O)COC(=O)CSc1ncnc2sccc12. The van der Waals surface area contributed by atoms with E-state index < -0.39 is 5.97 Å². The van der Waals surface area contributed by atoms with Crippen LogP contribution in [0.5, 0.6) is 0 Å². The van der Waals surface area contributed by atoms with Crippen LogP contribution in [0.15, 0.2) is 63.6 Å². The van der Waals surface area contributed by atoms with Gasteiger partial charge in [-0.1, -0.05) is 23.4 Å². The quantitative estimate of drug-likeness (QED) is 0.198. The molecule has 0 aliphatic rings. The summed E-state index contributed by atoms with van der Waals surface area (Å²) in [5.41, 5.74) is 0.893. The van der Waals surface area contributed by atoms with Gasteiger partial charge >= 0.3 is 5.97 Å². The Bertz CT molecular complexity index is 1240. The van der Waals surface area contributed by atoms with Gasteiger partial charge in [0.1, 0.15) is 27.7 Å². The molecule has 3 heterocycles. The zero-order valence-electron chi connectivity index (χ0n) is 17.0. The molecule has 10 heteroatoms. The van der Waals surface area contributed by atoms with Gasteiger partial charge in [0, 0.05) is 23.0 Å². The fourth-order valence-corrected chi connectivity index (χ4v) is 4.56. The Kier molecular flexibility index (Phi) is 7.09. The second-order valence-corrected chi connectivity index (χ2v) is 9.09. The highest BCUT2D eigenvalue weighted by molar-refractivity contribution is 8.00. The van der Waals surface area contributed by atoms with E-state index >= 15 is 0 Å². The van der Waals surface area contributed by atoms with Gasteiger partial charge in [-0.3, -0.25) is 9.59 Å². The van der Waals surface area contributed by atoms with Crippen LogP contribution in [0, 0.1) is 0 Å². The summed E-state index contributed by atoms with van der Waals surface area (Å²) in [6, 6.07) is 12.9. The Balaban J connectivity index is 1.24. The summed E-state index contributed by atoms with van der Waals surface area (Å²) in [5, 5.41) is 4.19. The Morgan fingerprint density at radius 3 is 2.78 bits per heavy atom. The lowest BCUT2D eigenvalue weighted by molar-refractivity contribution is -0.149. The average molecular weight is 488 g/mol. The van der Waals surface area contributed by atoms with Crippen LogP contribution in [0.1, 0.15) is 5.76 Å². The highest BCUT2D eigenvalue weighted by Gasteiger charge is 2.16. The monoisotopic (exact) mass is 487 g/mol. The predicted octanol–water partition coefficient (Wildman–Crippen LogP) is 4.90. The number of thiophene rings is 1. The molecule has 4 rings (SSSR count). The first-order chi connectivity index (χ1) is 15.5. The number of esters is 1. The lowest BCUT2D eigenvalue weighted by Gasteiger charge is -2.15. The molecule has 1 amide bonds. The number of hydrogen-bond acceptors (Lipinski definition) is 8. The van der Waals surface area contributed by atoms with Gasteiger partial charge in [-0.15, -0.1) is 11.3 Å². The molecular formula is C22H18ClN3O4S2. The van der Waals surface area contributed by atoms with Crippen LogP contribution in [0.25, 0.3) is 21.5 Å². The van der Waals surface area contributed by atoms with Crippen molar-refractivity contribution in [1.82, 2.24) is 14.9 Å². The molecule has 164 valence electrons. The smallest absolute Gasteiger partial charge is 0.316 e. The number of carbonyl (C=O) groups excluding carboxylic acids is 2. The summed E-state index contributed by atoms with van der Waals surface area (Å²) in [7, 11) is 1.63. The Hall–Kier alpha value is -2.88. The first-order valence-electron chi connectivity index (χ1n) is 9.55. The molecule has 0 bridgehead atoms. The molecule has 7 nitrogen and oxygen atoms in total. The molecule has 0 N–H and O–H groups in total. The van der Waals surface area contributed by atoms with E-state index in [1.54, 1.807) is 19.2 Å². The number of amides is 1. The van der Waals surface area contributed by atoms with Crippen molar-refractivity contribution in [3.8, 4) is 11.3 Å². The summed E-state index contributed by atoms with van der Waals surface area (Å²) in [4.78, 5) is 35.1. The number of likely N-dealkylation sites (N-methyl/N-ethyl adjacent to an activating group) is 1. The zero-order valence-corrected chi connectivity index (χ0v) is 19.4. The summed E-state index contributed by atoms with van der Waals surface area (Å²) in [6.07, 6.45) is 1.47. The number of halogens is 1. The van der Waals surface area contributed by atoms with Gasteiger partial charge in [-0.2, -0.15) is 0 Å². The summed E-state index contributed by atoms with van der Waals surface area (Å²) >= 11 is 8.68. The minimum atomic E-state index is -0.484. The first-order valence-corrected chi connectivity index (χ1v) is 11.8. The third kappa shape index (κ3) is 5.48. The normalized spacial score (nSPS) is 10.9. The standard InChI is InChI=1S/C22H18ClN3O4S2/c1-26(10-16-6-7-18(30-16)14-2-4-15(23)5-3-14)19(27)11-29-20(28)12-32-22-17-8-9-31-21(17)24-13-25-22/h2-9,13H,10-12H2,1H3. The molecule has 4 aromatic rings. The fraction of sp³-hybridized carbons (Fsp3) is 0.182. The van der Waals surface area contributed by atoms with E-state index in [-0.39, 0.29) is 24.8 Å². The van der Waals surface area contributed by atoms with Crippen LogP contribution in [-0.2, 0) is 20.9 Å². The topological polar surface area (TPSA) is 85.5 Å². The van der Waals surface area contributed by atoms with Crippen LogP contribution in [0.3, 0.4) is 0 Å². The number of furan rings is 1. The molecule has 0 aliphatic carbocycles. The molecule has 3 aromatic heterocycles. The lowest BCUT2D eigenvalue weighted by atomic mass is 10.2. The minimum Gasteiger partial charge on any atom is -0.459 e. The van der Waals surface area contributed by atoms with Crippen LogP contribution in [0.2, 0.25) is 5.02 Å². The first kappa shape index (κ1) is 22.3. The maximum atomic E-state index is 12.3. The molecule has 0 aliphatic heterocycles. The molecule has 0 unspecified atom stereocenters. The van der Waals surface area contributed by atoms with E-state index in [0.717, 1.165) is 15.8 Å². The highest BCUT2D eigenvalue weighted by atomic mass is 35.5. The molecule has 0 fully saturated rings. The van der Waals surface area contributed by atoms with Crippen molar-refractivity contribution in [1.29, 1.82) is 0 Å². The van der Waals surface area contributed by atoms with Gasteiger partial charge < -0.3 is 14.1 Å². The third-order valence-corrected chi connectivity index (χ3v) is 6.57. The number of fused-ring (bicyclic) bond motifs is 1. The maximum Gasteiger partial charge on any atom is 0.316 e. The molecule has 32 heavy (non-hydrogen) atoms. The number of carbonyl (C=O) groups is 2. The van der Waals surface area contributed by atoms with Crippen molar-refractivity contribution in [2.45, 2.75) is 11.6 Å². The number of benzene rings is 1. The van der Waals surface area contributed by atoms with Crippen LogP contribution in [0.4, 0.5) is 0 Å². The summed E-state index contributed by atoms with van der Waals surface area (Å²) < 4.78 is 10.9. The molecule has 0 spiro atoms. The molecular weight excluding hydrogens is 470 g/mol. The van der Waals surface area contributed by atoms with Crippen LogP contribution >= 0.6 is 34.7 Å². The highest BCUT2D eigenvalue weighted by Crippen LogP contribution is 2.27. The molecule has 0 saturated carbocycles. The van der Waals surface area contributed by atoms with Gasteiger partial charge in [0.2, 0.25) is 0 Å². The van der Waals surface area contributed by atoms with Crippen molar-refractivity contribution in [3.63, 3.8) is 0 Å². The van der Waals surface area contributed by atoms with Crippen LogP contribution < -0.4 is 0 Å². The van der Waals surface area contributed by atoms with Gasteiger partial charge in [0.05, 0.1) is 12.3 Å². The molecule has 0 radical (unpaired) electrons. The van der Waals surface area contributed by atoms with E-state index in [2.05, 4.69) is 9.97 Å². The molecule has 0 saturated heterocycles. The van der Waals surface area contributed by atoms with Gasteiger partial charge in [0.25, 0.3) is 5.91 Å². The minimum absolute atomic E-state index is 0.0571. The van der Waals surface area contributed by atoms with Gasteiger partial charge in [-0.25, -0.2) is 9.97 Å². The number of aromatic nitrogens is 2. The zero-order chi connectivity index (χ0) is 22.5. The number of hydrogen-bond donors (Lipinski definition) is 0. The second-order valence-electron chi connectivity index (χ2n) is 6.79. The van der Waals surface area contributed by atoms with Crippen molar-refractivity contribution >= 4 is 56.8 Å². The van der Waals surface area contributed by atoms with Gasteiger partial charge in [0.15, 0.2) is 6.61 Å². The van der Waals surface area contributed by atoms with Crippen LogP contribution in [-0.4, -0.2) is 46.2 Å². The maximum absolute atomic E-state index is 12.3. The lowest BCUT2D eigenvalue weighted by Crippen LogP contribution is -2.31. The number of thioether (sulfide) groups is 1. The fourth-order valence-electron chi connectivity index (χ4n) is 2.86. The van der Waals surface area contributed by atoms with Crippen molar-refractivity contribution in [2.75, 3.05) is 19.4 Å². The van der Waals surface area contributed by atoms with E-state index in [1.165, 1.54) is 34.3 Å². The number of nitrogens with zero attached hydrogens (tertiary/aromatic N) is 3. The number of ether oxygens (including phenoxy) is 1. The van der Waals surface area contributed by atoms with Gasteiger partial charge in [-0.05, 0) is 47.8 Å². The summed E-state index contributed by atoms with van der Waals surface area (Å²) in [5.74, 6) is 0.556.